The highest BCUT2D eigenvalue weighted by Crippen LogP contribution is 2.25. The molecule has 0 spiro atoms. The number of aryl methyl sites for hydroxylation is 1. The molecule has 3 N–H and O–H groups in total. The molecule has 0 saturated carbocycles. The van der Waals surface area contributed by atoms with Gasteiger partial charge in [0.2, 0.25) is 17.8 Å². The Morgan fingerprint density at radius 1 is 1.06 bits per heavy atom. The lowest BCUT2D eigenvalue weighted by atomic mass is 10.3. The van der Waals surface area contributed by atoms with E-state index < -0.39 is 0 Å². The van der Waals surface area contributed by atoms with Crippen molar-refractivity contribution in [1.82, 2.24) is 39.6 Å². The summed E-state index contributed by atoms with van der Waals surface area (Å²) < 4.78 is 7.29. The molecule has 11 nitrogen and oxygen atoms in total. The van der Waals surface area contributed by atoms with Gasteiger partial charge in [-0.3, -0.25) is 10.00 Å². The Morgan fingerprint density at radius 3 is 2.77 bits per heavy atom. The van der Waals surface area contributed by atoms with Crippen LogP contribution in [-0.4, -0.2) is 79.0 Å². The minimum atomic E-state index is 0.497. The summed E-state index contributed by atoms with van der Waals surface area (Å²) in [5.41, 5.74) is 1.73. The van der Waals surface area contributed by atoms with Crippen LogP contribution in [0.15, 0.2) is 36.5 Å². The van der Waals surface area contributed by atoms with Crippen molar-refractivity contribution in [3.63, 3.8) is 0 Å². The minimum absolute atomic E-state index is 0.497. The largest absolute Gasteiger partial charge is 0.379 e. The second kappa shape index (κ2) is 8.66. The Bertz CT molecular complexity index is 1150. The zero-order valence-electron chi connectivity index (χ0n) is 17.2. The van der Waals surface area contributed by atoms with Crippen molar-refractivity contribution in [2.45, 2.75) is 6.92 Å². The number of hydrogen-bond acceptors (Lipinski definition) is 9. The molecule has 5 rings (SSSR count). The first-order valence-corrected chi connectivity index (χ1v) is 10.3. The number of H-pyrrole nitrogens is 1. The first-order chi connectivity index (χ1) is 15.3. The third-order valence-corrected chi connectivity index (χ3v) is 5.06. The third kappa shape index (κ3) is 4.32. The van der Waals surface area contributed by atoms with E-state index in [-0.39, 0.29) is 0 Å². The van der Waals surface area contributed by atoms with E-state index in [4.69, 9.17) is 9.72 Å². The maximum Gasteiger partial charge on any atom is 0.242 e. The number of aromatic nitrogens is 7. The van der Waals surface area contributed by atoms with E-state index in [0.717, 1.165) is 56.2 Å². The maximum atomic E-state index is 5.41. The van der Waals surface area contributed by atoms with E-state index in [1.165, 1.54) is 0 Å². The van der Waals surface area contributed by atoms with Gasteiger partial charge in [0.1, 0.15) is 11.6 Å². The third-order valence-electron chi connectivity index (χ3n) is 5.06. The van der Waals surface area contributed by atoms with Crippen molar-refractivity contribution in [2.24, 2.45) is 0 Å². The van der Waals surface area contributed by atoms with Crippen LogP contribution in [0.2, 0.25) is 0 Å². The van der Waals surface area contributed by atoms with E-state index in [0.29, 0.717) is 23.7 Å². The van der Waals surface area contributed by atoms with Crippen molar-refractivity contribution >= 4 is 28.7 Å². The lowest BCUT2D eigenvalue weighted by Crippen LogP contribution is -2.39. The lowest BCUT2D eigenvalue weighted by molar-refractivity contribution is 0.0398. The van der Waals surface area contributed by atoms with Crippen molar-refractivity contribution in [3.8, 4) is 5.95 Å². The molecule has 1 fully saturated rings. The molecule has 0 bridgehead atoms. The highest BCUT2D eigenvalue weighted by atomic mass is 16.5. The fraction of sp³-hybridized carbons (Fsp3) is 0.350. The number of para-hydroxylation sites is 2. The van der Waals surface area contributed by atoms with Gasteiger partial charge in [-0.05, 0) is 19.1 Å². The average molecular weight is 420 g/mol. The highest BCUT2D eigenvalue weighted by molar-refractivity contribution is 5.81. The van der Waals surface area contributed by atoms with Crippen molar-refractivity contribution < 1.29 is 4.74 Å². The molecule has 0 aliphatic carbocycles. The molecule has 0 atom stereocenters. The molecular formula is C20H24N10O. The fourth-order valence-electron chi connectivity index (χ4n) is 3.56. The normalized spacial score (nSPS) is 14.7. The predicted molar refractivity (Wildman–Crippen MR) is 117 cm³/mol. The Balaban J connectivity index is 1.43. The van der Waals surface area contributed by atoms with Gasteiger partial charge in [0.25, 0.3) is 0 Å². The maximum absolute atomic E-state index is 5.41. The molecule has 0 unspecified atom stereocenters. The number of aromatic amines is 1. The SMILES string of the molecule is Cc1nc(NCCN2CCOCC2)nc(-n2c(Nc3ccn[nH]3)nc3ccccc32)n1. The Hall–Kier alpha value is -3.57. The summed E-state index contributed by atoms with van der Waals surface area (Å²) in [4.78, 5) is 20.8. The fourth-order valence-corrected chi connectivity index (χ4v) is 3.56. The predicted octanol–water partition coefficient (Wildman–Crippen LogP) is 1.73. The zero-order chi connectivity index (χ0) is 21.0. The van der Waals surface area contributed by atoms with E-state index in [1.807, 2.05) is 41.8 Å². The van der Waals surface area contributed by atoms with Crippen LogP contribution in [0, 0.1) is 6.92 Å². The molecule has 4 heterocycles. The summed E-state index contributed by atoms with van der Waals surface area (Å²) in [5.74, 6) is 2.99. The van der Waals surface area contributed by atoms with Gasteiger partial charge >= 0.3 is 0 Å². The van der Waals surface area contributed by atoms with Gasteiger partial charge < -0.3 is 15.4 Å². The Labute approximate surface area is 178 Å². The topological polar surface area (TPSA) is 122 Å². The molecule has 1 aliphatic rings. The van der Waals surface area contributed by atoms with Crippen LogP contribution in [-0.2, 0) is 4.74 Å². The van der Waals surface area contributed by atoms with Gasteiger partial charge in [0.15, 0.2) is 0 Å². The molecule has 160 valence electrons. The smallest absolute Gasteiger partial charge is 0.242 e. The van der Waals surface area contributed by atoms with Crippen LogP contribution in [0.3, 0.4) is 0 Å². The van der Waals surface area contributed by atoms with Gasteiger partial charge in [-0.15, -0.1) is 0 Å². The van der Waals surface area contributed by atoms with Crippen LogP contribution < -0.4 is 10.6 Å². The summed E-state index contributed by atoms with van der Waals surface area (Å²) in [5, 5.41) is 13.5. The summed E-state index contributed by atoms with van der Waals surface area (Å²) in [7, 11) is 0. The molecule has 11 heteroatoms. The first kappa shape index (κ1) is 19.4. The number of nitrogens with one attached hydrogen (secondary N) is 3. The van der Waals surface area contributed by atoms with E-state index >= 15 is 0 Å². The van der Waals surface area contributed by atoms with Gasteiger partial charge in [-0.1, -0.05) is 12.1 Å². The summed E-state index contributed by atoms with van der Waals surface area (Å²) in [6.45, 7) is 6.99. The number of hydrogen-bond donors (Lipinski definition) is 3. The number of imidazole rings is 1. The Morgan fingerprint density at radius 2 is 1.94 bits per heavy atom. The van der Waals surface area contributed by atoms with Crippen LogP contribution in [0.25, 0.3) is 17.0 Å². The second-order valence-electron chi connectivity index (χ2n) is 7.24. The van der Waals surface area contributed by atoms with Gasteiger partial charge in [-0.25, -0.2) is 9.55 Å². The van der Waals surface area contributed by atoms with Crippen molar-refractivity contribution in [1.29, 1.82) is 0 Å². The van der Waals surface area contributed by atoms with Crippen molar-refractivity contribution in [2.75, 3.05) is 50.0 Å². The molecule has 0 amide bonds. The standard InChI is InChI=1S/C20H24N10O/c1-14-23-18(21-8-9-29-10-12-31-13-11-29)27-19(24-14)30-16-5-3-2-4-15(16)25-20(30)26-17-6-7-22-28-17/h2-7H,8-13H2,1H3,(H,21,23,24,27)(H2,22,25,26,28). The first-order valence-electron chi connectivity index (χ1n) is 10.3. The second-order valence-corrected chi connectivity index (χ2v) is 7.24. The summed E-state index contributed by atoms with van der Waals surface area (Å²) in [6, 6.07) is 9.71. The van der Waals surface area contributed by atoms with E-state index in [2.05, 4.69) is 40.7 Å². The summed E-state index contributed by atoms with van der Waals surface area (Å²) >= 11 is 0. The van der Waals surface area contributed by atoms with Crippen LogP contribution in [0.4, 0.5) is 17.7 Å². The number of benzene rings is 1. The average Bonchev–Trinajstić information content (AvgIpc) is 3.41. The number of morpholine rings is 1. The molecule has 31 heavy (non-hydrogen) atoms. The highest BCUT2D eigenvalue weighted by Gasteiger charge is 2.17. The molecule has 0 radical (unpaired) electrons. The zero-order valence-corrected chi connectivity index (χ0v) is 17.2. The van der Waals surface area contributed by atoms with Gasteiger partial charge in [0, 0.05) is 32.2 Å². The molecule has 1 saturated heterocycles. The van der Waals surface area contributed by atoms with Crippen LogP contribution in [0.5, 0.6) is 0 Å². The number of ether oxygens (including phenoxy) is 1. The molecule has 4 aromatic rings. The van der Waals surface area contributed by atoms with E-state index in [1.54, 1.807) is 6.20 Å². The van der Waals surface area contributed by atoms with Gasteiger partial charge in [0.05, 0.1) is 30.4 Å². The molecule has 1 aliphatic heterocycles. The number of fused-ring (bicyclic) bond motifs is 1. The number of rotatable bonds is 7. The minimum Gasteiger partial charge on any atom is -0.379 e. The molecule has 1 aromatic carbocycles. The summed E-state index contributed by atoms with van der Waals surface area (Å²) in [6.07, 6.45) is 1.68. The van der Waals surface area contributed by atoms with Crippen LogP contribution >= 0.6 is 0 Å². The van der Waals surface area contributed by atoms with Crippen LogP contribution in [0.1, 0.15) is 5.82 Å². The molecule has 3 aromatic heterocycles. The quantitative estimate of drug-likeness (QED) is 0.410. The number of nitrogens with zero attached hydrogens (tertiary/aromatic N) is 7. The van der Waals surface area contributed by atoms with Crippen molar-refractivity contribution in [3.05, 3.63) is 42.4 Å². The Kier molecular flexibility index (Phi) is 5.42. The van der Waals surface area contributed by atoms with Gasteiger partial charge in [-0.2, -0.15) is 20.1 Å². The molecular weight excluding hydrogens is 396 g/mol. The lowest BCUT2D eigenvalue weighted by Gasteiger charge is -2.26. The number of anilines is 3. The van der Waals surface area contributed by atoms with E-state index in [9.17, 15) is 0 Å². The monoisotopic (exact) mass is 420 g/mol.